The Hall–Kier alpha value is -1.53. The predicted octanol–water partition coefficient (Wildman–Crippen LogP) is 0.0887. The standard InChI is InChI=1S/C11H14FN3OSi/c12-10-3-1-9(2-4-10)11(16,6-17)5-15-8-13-7-14-15/h1-4,7-8,16H,5-6H2,17H3. The molecule has 90 valence electrons. The van der Waals surface area contributed by atoms with Crippen molar-refractivity contribution in [2.24, 2.45) is 0 Å². The first-order valence-corrected chi connectivity index (χ1v) is 6.86. The molecule has 0 aliphatic heterocycles. The van der Waals surface area contributed by atoms with Crippen LogP contribution >= 0.6 is 0 Å². The molecule has 0 amide bonds. The molecule has 2 aromatic rings. The van der Waals surface area contributed by atoms with Gasteiger partial charge in [-0.1, -0.05) is 12.1 Å². The maximum absolute atomic E-state index is 12.9. The quantitative estimate of drug-likeness (QED) is 0.784. The van der Waals surface area contributed by atoms with Crippen molar-refractivity contribution >= 4 is 10.2 Å². The lowest BCUT2D eigenvalue weighted by atomic mass is 9.96. The number of nitrogens with zero attached hydrogens (tertiary/aromatic N) is 3. The van der Waals surface area contributed by atoms with Crippen LogP contribution in [0, 0.1) is 5.82 Å². The molecule has 6 heteroatoms. The monoisotopic (exact) mass is 251 g/mol. The highest BCUT2D eigenvalue weighted by Gasteiger charge is 2.28. The molecule has 2 rings (SSSR count). The molecule has 0 aliphatic rings. The number of aromatic nitrogens is 3. The van der Waals surface area contributed by atoms with Crippen LogP contribution in [0.1, 0.15) is 5.56 Å². The lowest BCUT2D eigenvalue weighted by molar-refractivity contribution is 0.0352. The fourth-order valence-corrected chi connectivity index (χ4v) is 2.38. The molecule has 1 unspecified atom stereocenters. The first-order valence-electron chi connectivity index (χ1n) is 5.45. The molecule has 0 radical (unpaired) electrons. The van der Waals surface area contributed by atoms with E-state index in [1.807, 2.05) is 0 Å². The van der Waals surface area contributed by atoms with Gasteiger partial charge >= 0.3 is 0 Å². The Morgan fingerprint density at radius 2 is 2.06 bits per heavy atom. The predicted molar refractivity (Wildman–Crippen MR) is 65.1 cm³/mol. The first kappa shape index (κ1) is 11.9. The van der Waals surface area contributed by atoms with Gasteiger partial charge in [0, 0.05) is 10.2 Å². The summed E-state index contributed by atoms with van der Waals surface area (Å²) in [5, 5.41) is 14.6. The zero-order valence-electron chi connectivity index (χ0n) is 9.55. The Morgan fingerprint density at radius 1 is 1.35 bits per heavy atom. The van der Waals surface area contributed by atoms with Crippen LogP contribution in [0.5, 0.6) is 0 Å². The lowest BCUT2D eigenvalue weighted by Crippen LogP contribution is -2.31. The molecule has 0 spiro atoms. The zero-order valence-corrected chi connectivity index (χ0v) is 11.5. The van der Waals surface area contributed by atoms with Crippen LogP contribution in [-0.4, -0.2) is 30.1 Å². The highest BCUT2D eigenvalue weighted by atomic mass is 28.1. The van der Waals surface area contributed by atoms with E-state index >= 15 is 0 Å². The van der Waals surface area contributed by atoms with Crippen LogP contribution in [0.3, 0.4) is 0 Å². The Labute approximate surface area is 102 Å². The Bertz CT molecular complexity index is 474. The lowest BCUT2D eigenvalue weighted by Gasteiger charge is -2.27. The average Bonchev–Trinajstić information content (AvgIpc) is 2.82. The highest BCUT2D eigenvalue weighted by Crippen LogP contribution is 2.26. The molecule has 4 nitrogen and oxygen atoms in total. The summed E-state index contributed by atoms with van der Waals surface area (Å²) >= 11 is 0. The maximum Gasteiger partial charge on any atom is 0.137 e. The van der Waals surface area contributed by atoms with Gasteiger partial charge in [-0.15, -0.1) is 0 Å². The normalized spacial score (nSPS) is 14.7. The van der Waals surface area contributed by atoms with Gasteiger partial charge in [-0.3, -0.25) is 0 Å². The molecule has 1 aromatic carbocycles. The number of hydrogen-bond donors (Lipinski definition) is 1. The van der Waals surface area contributed by atoms with E-state index in [0.717, 1.165) is 10.2 Å². The van der Waals surface area contributed by atoms with Gasteiger partial charge in [0.25, 0.3) is 0 Å². The minimum atomic E-state index is -0.992. The number of aliphatic hydroxyl groups is 1. The third-order valence-corrected chi connectivity index (χ3v) is 4.03. The van der Waals surface area contributed by atoms with Crippen LogP contribution in [0.15, 0.2) is 36.9 Å². The SMILES string of the molecule is OC(C[SiH3])(Cn1cncn1)c1ccc(F)cc1. The second-order valence-corrected chi connectivity index (χ2v) is 4.69. The van der Waals surface area contributed by atoms with Crippen molar-refractivity contribution in [3.8, 4) is 0 Å². The summed E-state index contributed by atoms with van der Waals surface area (Å²) in [7, 11) is 0.844. The molecular weight excluding hydrogens is 237 g/mol. The van der Waals surface area contributed by atoms with Crippen LogP contribution in [0.2, 0.25) is 6.04 Å². The van der Waals surface area contributed by atoms with Gasteiger partial charge in [-0.25, -0.2) is 14.1 Å². The van der Waals surface area contributed by atoms with Crippen molar-refractivity contribution in [3.63, 3.8) is 0 Å². The van der Waals surface area contributed by atoms with Crippen molar-refractivity contribution in [1.29, 1.82) is 0 Å². The molecular formula is C11H14FN3OSi. The van der Waals surface area contributed by atoms with Gasteiger partial charge in [-0.2, -0.15) is 5.10 Å². The van der Waals surface area contributed by atoms with Crippen LogP contribution in [0.25, 0.3) is 0 Å². The van der Waals surface area contributed by atoms with Gasteiger partial charge in [0.15, 0.2) is 0 Å². The number of halogens is 1. The molecule has 1 heterocycles. The van der Waals surface area contributed by atoms with Crippen LogP contribution < -0.4 is 0 Å². The number of rotatable bonds is 4. The second-order valence-electron chi connectivity index (χ2n) is 3.99. The van der Waals surface area contributed by atoms with Gasteiger partial charge < -0.3 is 5.11 Å². The van der Waals surface area contributed by atoms with Crippen LogP contribution in [-0.2, 0) is 12.1 Å². The fourth-order valence-electron chi connectivity index (χ4n) is 1.75. The van der Waals surface area contributed by atoms with Crippen molar-refractivity contribution in [1.82, 2.24) is 14.8 Å². The van der Waals surface area contributed by atoms with Gasteiger partial charge in [0.1, 0.15) is 24.1 Å². The van der Waals surface area contributed by atoms with E-state index in [4.69, 9.17) is 0 Å². The van der Waals surface area contributed by atoms with E-state index in [2.05, 4.69) is 10.1 Å². The topological polar surface area (TPSA) is 50.9 Å². The molecule has 1 atom stereocenters. The van der Waals surface area contributed by atoms with Gasteiger partial charge in [0.2, 0.25) is 0 Å². The van der Waals surface area contributed by atoms with E-state index < -0.39 is 5.60 Å². The Morgan fingerprint density at radius 3 is 2.59 bits per heavy atom. The molecule has 0 saturated heterocycles. The van der Waals surface area contributed by atoms with E-state index in [1.54, 1.807) is 23.1 Å². The molecule has 17 heavy (non-hydrogen) atoms. The zero-order chi connectivity index (χ0) is 12.3. The molecule has 0 bridgehead atoms. The molecule has 1 aromatic heterocycles. The molecule has 0 aliphatic carbocycles. The van der Waals surface area contributed by atoms with Crippen molar-refractivity contribution < 1.29 is 9.50 Å². The van der Waals surface area contributed by atoms with Crippen molar-refractivity contribution in [2.45, 2.75) is 18.2 Å². The highest BCUT2D eigenvalue weighted by molar-refractivity contribution is 6.09. The first-order chi connectivity index (χ1) is 8.14. The second kappa shape index (κ2) is 4.76. The van der Waals surface area contributed by atoms with E-state index in [1.165, 1.54) is 18.5 Å². The molecule has 1 N–H and O–H groups in total. The van der Waals surface area contributed by atoms with E-state index in [9.17, 15) is 9.50 Å². The largest absolute Gasteiger partial charge is 0.384 e. The average molecular weight is 251 g/mol. The summed E-state index contributed by atoms with van der Waals surface area (Å²) in [6, 6.07) is 6.60. The van der Waals surface area contributed by atoms with E-state index in [-0.39, 0.29) is 5.82 Å². The maximum atomic E-state index is 12.9. The van der Waals surface area contributed by atoms with Crippen molar-refractivity contribution in [2.75, 3.05) is 0 Å². The summed E-state index contributed by atoms with van der Waals surface area (Å²) < 4.78 is 14.4. The summed E-state index contributed by atoms with van der Waals surface area (Å²) in [5.74, 6) is -0.301. The Kier molecular flexibility index (Phi) is 3.35. The minimum absolute atomic E-state index is 0.301. The molecule has 0 saturated carbocycles. The summed E-state index contributed by atoms with van der Waals surface area (Å²) in [6.45, 7) is 0.335. The van der Waals surface area contributed by atoms with Gasteiger partial charge in [0.05, 0.1) is 6.54 Å². The summed E-state index contributed by atoms with van der Waals surface area (Å²) in [5.41, 5.74) is -0.280. The Balaban J connectivity index is 2.27. The molecule has 0 fully saturated rings. The van der Waals surface area contributed by atoms with E-state index in [0.29, 0.717) is 18.2 Å². The summed E-state index contributed by atoms with van der Waals surface area (Å²) in [4.78, 5) is 3.84. The number of hydrogen-bond acceptors (Lipinski definition) is 3. The van der Waals surface area contributed by atoms with Crippen LogP contribution in [0.4, 0.5) is 4.39 Å². The fraction of sp³-hybridized carbons (Fsp3) is 0.273. The minimum Gasteiger partial charge on any atom is -0.384 e. The smallest absolute Gasteiger partial charge is 0.137 e. The third-order valence-electron chi connectivity index (χ3n) is 2.86. The number of benzene rings is 1. The van der Waals surface area contributed by atoms with Crippen molar-refractivity contribution in [3.05, 3.63) is 48.3 Å². The van der Waals surface area contributed by atoms with Gasteiger partial charge in [-0.05, 0) is 23.7 Å². The summed E-state index contributed by atoms with van der Waals surface area (Å²) in [6.07, 6.45) is 2.99. The third kappa shape index (κ3) is 2.59.